The number of nitrogens with zero attached hydrogens (tertiary/aromatic N) is 1. The molecule has 0 aromatic carbocycles. The number of carboxylic acid groups (broad SMARTS) is 1. The number of aromatic carboxylic acids is 1. The first-order valence-electron chi connectivity index (χ1n) is 5.73. The predicted molar refractivity (Wildman–Crippen MR) is 64.4 cm³/mol. The first kappa shape index (κ1) is 15.3. The highest BCUT2D eigenvalue weighted by molar-refractivity contribution is 5.95. The molecule has 0 atom stereocenters. The number of halogens is 3. The molecular weight excluding hydrogens is 261 g/mol. The number of hydrogen-bond donors (Lipinski definition) is 2. The first-order valence-corrected chi connectivity index (χ1v) is 5.73. The Bertz CT molecular complexity index is 473. The minimum absolute atomic E-state index is 0.00221. The summed E-state index contributed by atoms with van der Waals surface area (Å²) in [5, 5.41) is 11.8. The fraction of sp³-hybridized carbons (Fsp3) is 0.500. The summed E-state index contributed by atoms with van der Waals surface area (Å²) in [4.78, 5) is 15.1. The van der Waals surface area contributed by atoms with Gasteiger partial charge < -0.3 is 10.4 Å². The summed E-state index contributed by atoms with van der Waals surface area (Å²) in [6.07, 6.45) is -5.20. The summed E-state index contributed by atoms with van der Waals surface area (Å²) < 4.78 is 36.0. The standard InChI is InChI=1S/C12H15F3N2O2/c1-7-6-9(10(11(18)19)8(2)17-7)16-5-3-4-12(13,14)15/h6H,3-5H2,1-2H3,(H,16,17)(H,18,19). The molecule has 1 heterocycles. The van der Waals surface area contributed by atoms with Crippen LogP contribution in [0.3, 0.4) is 0 Å². The highest BCUT2D eigenvalue weighted by Gasteiger charge is 2.26. The Morgan fingerprint density at radius 2 is 2.05 bits per heavy atom. The van der Waals surface area contributed by atoms with Crippen LogP contribution in [0.1, 0.15) is 34.6 Å². The number of hydrogen-bond acceptors (Lipinski definition) is 3. The van der Waals surface area contributed by atoms with Gasteiger partial charge in [-0.1, -0.05) is 0 Å². The van der Waals surface area contributed by atoms with E-state index < -0.39 is 18.6 Å². The zero-order valence-electron chi connectivity index (χ0n) is 10.6. The molecule has 0 aliphatic heterocycles. The predicted octanol–water partition coefficient (Wildman–Crippen LogP) is 3.15. The van der Waals surface area contributed by atoms with E-state index in [-0.39, 0.29) is 18.5 Å². The lowest BCUT2D eigenvalue weighted by Gasteiger charge is -2.13. The van der Waals surface area contributed by atoms with E-state index in [1.54, 1.807) is 13.8 Å². The number of rotatable bonds is 5. The van der Waals surface area contributed by atoms with E-state index in [9.17, 15) is 18.0 Å². The van der Waals surface area contributed by atoms with Crippen molar-refractivity contribution in [1.82, 2.24) is 4.98 Å². The Labute approximate surface area is 108 Å². The highest BCUT2D eigenvalue weighted by Crippen LogP contribution is 2.23. The van der Waals surface area contributed by atoms with Gasteiger partial charge in [0, 0.05) is 18.7 Å². The molecule has 0 aliphatic carbocycles. The molecule has 0 radical (unpaired) electrons. The van der Waals surface area contributed by atoms with Crippen LogP contribution in [0, 0.1) is 13.8 Å². The zero-order valence-corrected chi connectivity index (χ0v) is 10.6. The van der Waals surface area contributed by atoms with Gasteiger partial charge in [0.25, 0.3) is 0 Å². The van der Waals surface area contributed by atoms with Crippen LogP contribution in [-0.4, -0.2) is 28.8 Å². The summed E-state index contributed by atoms with van der Waals surface area (Å²) in [5.74, 6) is -1.15. The number of nitrogens with one attached hydrogen (secondary N) is 1. The smallest absolute Gasteiger partial charge is 0.389 e. The first-order chi connectivity index (χ1) is 8.70. The maximum Gasteiger partial charge on any atom is 0.389 e. The van der Waals surface area contributed by atoms with Crippen LogP contribution in [0.5, 0.6) is 0 Å². The maximum absolute atomic E-state index is 12.0. The molecule has 1 aromatic heterocycles. The summed E-state index contributed by atoms with van der Waals surface area (Å²) in [5.41, 5.74) is 1.25. The molecule has 4 nitrogen and oxygen atoms in total. The van der Waals surface area contributed by atoms with Gasteiger partial charge >= 0.3 is 12.1 Å². The van der Waals surface area contributed by atoms with E-state index in [4.69, 9.17) is 5.11 Å². The lowest BCUT2D eigenvalue weighted by molar-refractivity contribution is -0.134. The van der Waals surface area contributed by atoms with E-state index in [2.05, 4.69) is 10.3 Å². The third-order valence-corrected chi connectivity index (χ3v) is 2.49. The topological polar surface area (TPSA) is 62.2 Å². The van der Waals surface area contributed by atoms with E-state index in [1.807, 2.05) is 0 Å². The Hall–Kier alpha value is -1.79. The lowest BCUT2D eigenvalue weighted by atomic mass is 10.1. The van der Waals surface area contributed by atoms with E-state index >= 15 is 0 Å². The van der Waals surface area contributed by atoms with Gasteiger partial charge in [-0.25, -0.2) is 4.79 Å². The Kier molecular flexibility index (Phi) is 4.74. The fourth-order valence-electron chi connectivity index (χ4n) is 1.75. The van der Waals surface area contributed by atoms with Crippen LogP contribution >= 0.6 is 0 Å². The SMILES string of the molecule is Cc1cc(NCCCC(F)(F)F)c(C(=O)O)c(C)n1. The highest BCUT2D eigenvalue weighted by atomic mass is 19.4. The summed E-state index contributed by atoms with van der Waals surface area (Å²) in [6, 6.07) is 1.52. The number of anilines is 1. The minimum atomic E-state index is -4.19. The molecule has 0 bridgehead atoms. The van der Waals surface area contributed by atoms with Crippen LogP contribution in [-0.2, 0) is 0 Å². The summed E-state index contributed by atoms with van der Waals surface area (Å²) in [7, 11) is 0. The van der Waals surface area contributed by atoms with Crippen LogP contribution in [0.25, 0.3) is 0 Å². The van der Waals surface area contributed by atoms with Gasteiger partial charge in [0.15, 0.2) is 0 Å². The second-order valence-electron chi connectivity index (χ2n) is 4.22. The van der Waals surface area contributed by atoms with Crippen molar-refractivity contribution >= 4 is 11.7 Å². The zero-order chi connectivity index (χ0) is 14.6. The van der Waals surface area contributed by atoms with Gasteiger partial charge in [0.2, 0.25) is 0 Å². The molecular formula is C12H15F3N2O2. The van der Waals surface area contributed by atoms with Gasteiger partial charge in [-0.2, -0.15) is 13.2 Å². The van der Waals surface area contributed by atoms with Gasteiger partial charge in [-0.15, -0.1) is 0 Å². The number of pyridine rings is 1. The van der Waals surface area contributed by atoms with Crippen molar-refractivity contribution in [3.63, 3.8) is 0 Å². The average molecular weight is 276 g/mol. The van der Waals surface area contributed by atoms with Crippen molar-refractivity contribution < 1.29 is 23.1 Å². The van der Waals surface area contributed by atoms with Gasteiger partial charge in [0.1, 0.15) is 5.56 Å². The molecule has 0 amide bonds. The molecule has 106 valence electrons. The minimum Gasteiger partial charge on any atom is -0.478 e. The van der Waals surface area contributed by atoms with Crippen molar-refractivity contribution in [3.05, 3.63) is 23.0 Å². The maximum atomic E-state index is 12.0. The number of carboxylic acids is 1. The summed E-state index contributed by atoms with van der Waals surface area (Å²) in [6.45, 7) is 3.31. The molecule has 19 heavy (non-hydrogen) atoms. The van der Waals surface area contributed by atoms with Gasteiger partial charge in [0.05, 0.1) is 11.4 Å². The number of alkyl halides is 3. The van der Waals surface area contributed by atoms with Crippen molar-refractivity contribution in [2.75, 3.05) is 11.9 Å². The molecule has 1 rings (SSSR count). The second kappa shape index (κ2) is 5.90. The van der Waals surface area contributed by atoms with Crippen LogP contribution < -0.4 is 5.32 Å². The van der Waals surface area contributed by atoms with E-state index in [0.717, 1.165) is 0 Å². The van der Waals surface area contributed by atoms with Gasteiger partial charge in [-0.05, 0) is 26.3 Å². The largest absolute Gasteiger partial charge is 0.478 e. The Balaban J connectivity index is 2.75. The molecule has 0 unspecified atom stereocenters. The Morgan fingerprint density at radius 1 is 1.42 bits per heavy atom. The molecule has 0 fully saturated rings. The molecule has 1 aromatic rings. The number of aromatic nitrogens is 1. The third-order valence-electron chi connectivity index (χ3n) is 2.49. The third kappa shape index (κ3) is 4.76. The molecule has 2 N–H and O–H groups in total. The molecule has 7 heteroatoms. The molecule has 0 saturated carbocycles. The molecule has 0 aliphatic rings. The number of carbonyl (C=O) groups is 1. The average Bonchev–Trinajstić information content (AvgIpc) is 2.21. The van der Waals surface area contributed by atoms with Crippen molar-refractivity contribution in [3.8, 4) is 0 Å². The molecule has 0 saturated heterocycles. The van der Waals surface area contributed by atoms with Crippen molar-refractivity contribution in [2.45, 2.75) is 32.9 Å². The van der Waals surface area contributed by atoms with Gasteiger partial charge in [-0.3, -0.25) is 4.98 Å². The summed E-state index contributed by atoms with van der Waals surface area (Å²) >= 11 is 0. The monoisotopic (exact) mass is 276 g/mol. The lowest BCUT2D eigenvalue weighted by Crippen LogP contribution is -2.14. The van der Waals surface area contributed by atoms with Crippen LogP contribution in [0.15, 0.2) is 6.07 Å². The fourth-order valence-corrected chi connectivity index (χ4v) is 1.75. The van der Waals surface area contributed by atoms with Crippen LogP contribution in [0.2, 0.25) is 0 Å². The molecule has 0 spiro atoms. The van der Waals surface area contributed by atoms with Crippen molar-refractivity contribution in [2.24, 2.45) is 0 Å². The quantitative estimate of drug-likeness (QED) is 0.811. The Morgan fingerprint density at radius 3 is 2.58 bits per heavy atom. The number of aryl methyl sites for hydroxylation is 2. The normalized spacial score (nSPS) is 11.4. The van der Waals surface area contributed by atoms with E-state index in [1.165, 1.54) is 6.07 Å². The van der Waals surface area contributed by atoms with Crippen molar-refractivity contribution in [1.29, 1.82) is 0 Å². The second-order valence-corrected chi connectivity index (χ2v) is 4.22. The van der Waals surface area contributed by atoms with E-state index in [0.29, 0.717) is 17.1 Å². The van der Waals surface area contributed by atoms with Crippen LogP contribution in [0.4, 0.5) is 18.9 Å².